The third-order valence-corrected chi connectivity index (χ3v) is 3.46. The van der Waals surface area contributed by atoms with E-state index in [1.165, 1.54) is 11.1 Å². The van der Waals surface area contributed by atoms with E-state index in [1.54, 1.807) is 0 Å². The fourth-order valence-corrected chi connectivity index (χ4v) is 2.49. The minimum absolute atomic E-state index is 0.604. The van der Waals surface area contributed by atoms with Gasteiger partial charge in [-0.2, -0.15) is 0 Å². The summed E-state index contributed by atoms with van der Waals surface area (Å²) in [6.07, 6.45) is 0.673. The Morgan fingerprint density at radius 1 is 1.21 bits per heavy atom. The van der Waals surface area contributed by atoms with Crippen molar-refractivity contribution in [2.75, 3.05) is 5.73 Å². The van der Waals surface area contributed by atoms with Gasteiger partial charge in [-0.25, -0.2) is 4.98 Å². The lowest BCUT2D eigenvalue weighted by atomic mass is 10.1. The summed E-state index contributed by atoms with van der Waals surface area (Å²) in [4.78, 5) is 4.48. The van der Waals surface area contributed by atoms with Crippen molar-refractivity contribution in [3.63, 3.8) is 0 Å². The molecular formula is C15H13BrN2O. The molecule has 0 atom stereocenters. The Balaban J connectivity index is 1.97. The molecule has 2 aromatic carbocycles. The second-order valence-electron chi connectivity index (χ2n) is 4.61. The molecule has 1 heterocycles. The second kappa shape index (κ2) is 4.70. The summed E-state index contributed by atoms with van der Waals surface area (Å²) in [5.74, 6) is 0.684. The van der Waals surface area contributed by atoms with Gasteiger partial charge in [-0.05, 0) is 24.6 Å². The number of fused-ring (bicyclic) bond motifs is 1. The van der Waals surface area contributed by atoms with Crippen molar-refractivity contribution in [3.8, 4) is 0 Å². The number of hydrogen-bond acceptors (Lipinski definition) is 3. The summed E-state index contributed by atoms with van der Waals surface area (Å²) >= 11 is 3.41. The van der Waals surface area contributed by atoms with Crippen molar-refractivity contribution in [3.05, 3.63) is 57.9 Å². The van der Waals surface area contributed by atoms with Gasteiger partial charge in [0.2, 0.25) is 0 Å². The van der Waals surface area contributed by atoms with E-state index in [0.717, 1.165) is 9.99 Å². The Kier molecular flexibility index (Phi) is 3.03. The molecule has 0 aliphatic rings. The van der Waals surface area contributed by atoms with Crippen molar-refractivity contribution in [1.82, 2.24) is 4.98 Å². The minimum Gasteiger partial charge on any atom is -0.438 e. The van der Waals surface area contributed by atoms with E-state index in [1.807, 2.05) is 12.1 Å². The van der Waals surface area contributed by atoms with E-state index in [0.29, 0.717) is 23.6 Å². The first kappa shape index (κ1) is 12.2. The van der Waals surface area contributed by atoms with Crippen LogP contribution in [0.25, 0.3) is 11.1 Å². The summed E-state index contributed by atoms with van der Waals surface area (Å²) in [5.41, 5.74) is 10.4. The Morgan fingerprint density at radius 3 is 2.68 bits per heavy atom. The average molecular weight is 317 g/mol. The molecule has 0 saturated heterocycles. The molecule has 3 nitrogen and oxygen atoms in total. The zero-order valence-corrected chi connectivity index (χ0v) is 12.1. The molecule has 0 saturated carbocycles. The van der Waals surface area contributed by atoms with Crippen LogP contribution in [-0.2, 0) is 6.42 Å². The molecule has 0 unspecified atom stereocenters. The first-order chi connectivity index (χ1) is 9.11. The van der Waals surface area contributed by atoms with Crippen molar-refractivity contribution < 1.29 is 4.42 Å². The lowest BCUT2D eigenvalue weighted by Crippen LogP contribution is -1.87. The highest BCUT2D eigenvalue weighted by atomic mass is 79.9. The SMILES string of the molecule is Cc1ccc(Cc2nc3cc(Br)cc(N)c3o2)cc1. The Hall–Kier alpha value is -1.81. The fourth-order valence-electron chi connectivity index (χ4n) is 2.03. The molecule has 0 spiro atoms. The van der Waals surface area contributed by atoms with Crippen LogP contribution in [0, 0.1) is 6.92 Å². The van der Waals surface area contributed by atoms with Crippen molar-refractivity contribution in [2.45, 2.75) is 13.3 Å². The number of oxazole rings is 1. The lowest BCUT2D eigenvalue weighted by Gasteiger charge is -1.97. The highest BCUT2D eigenvalue weighted by Crippen LogP contribution is 2.27. The summed E-state index contributed by atoms with van der Waals surface area (Å²) in [6.45, 7) is 2.07. The zero-order chi connectivity index (χ0) is 13.4. The van der Waals surface area contributed by atoms with Crippen LogP contribution in [0.15, 0.2) is 45.3 Å². The number of anilines is 1. The van der Waals surface area contributed by atoms with Crippen molar-refractivity contribution in [1.29, 1.82) is 0 Å². The number of nitrogen functional groups attached to an aromatic ring is 1. The number of nitrogens with two attached hydrogens (primary N) is 1. The summed E-state index contributed by atoms with van der Waals surface area (Å²) < 4.78 is 6.64. The van der Waals surface area contributed by atoms with E-state index in [-0.39, 0.29) is 0 Å². The van der Waals surface area contributed by atoms with Crippen LogP contribution in [0.3, 0.4) is 0 Å². The third kappa shape index (κ3) is 2.49. The summed E-state index contributed by atoms with van der Waals surface area (Å²) in [5, 5.41) is 0. The van der Waals surface area contributed by atoms with Gasteiger partial charge in [0, 0.05) is 10.9 Å². The van der Waals surface area contributed by atoms with Crippen LogP contribution in [0.2, 0.25) is 0 Å². The maximum Gasteiger partial charge on any atom is 0.200 e. The Bertz CT molecular complexity index is 732. The summed E-state index contributed by atoms with van der Waals surface area (Å²) in [6, 6.07) is 12.1. The number of aryl methyl sites for hydroxylation is 1. The minimum atomic E-state index is 0.604. The molecular weight excluding hydrogens is 304 g/mol. The van der Waals surface area contributed by atoms with Crippen molar-refractivity contribution >= 4 is 32.7 Å². The molecule has 96 valence electrons. The smallest absolute Gasteiger partial charge is 0.200 e. The molecule has 0 radical (unpaired) electrons. The summed E-state index contributed by atoms with van der Waals surface area (Å²) in [7, 11) is 0. The van der Waals surface area contributed by atoms with E-state index in [9.17, 15) is 0 Å². The molecule has 19 heavy (non-hydrogen) atoms. The molecule has 1 aromatic heterocycles. The maximum absolute atomic E-state index is 5.92. The standard InChI is InChI=1S/C15H13BrN2O/c1-9-2-4-10(5-3-9)6-14-18-13-8-11(16)7-12(17)15(13)19-14/h2-5,7-8H,6,17H2,1H3. The van der Waals surface area contributed by atoms with Crippen LogP contribution in [-0.4, -0.2) is 4.98 Å². The highest BCUT2D eigenvalue weighted by Gasteiger charge is 2.10. The molecule has 0 bridgehead atoms. The van der Waals surface area contributed by atoms with E-state index < -0.39 is 0 Å². The third-order valence-electron chi connectivity index (χ3n) is 3.00. The van der Waals surface area contributed by atoms with Crippen LogP contribution < -0.4 is 5.73 Å². The number of hydrogen-bond donors (Lipinski definition) is 1. The predicted octanol–water partition coefficient (Wildman–Crippen LogP) is 4.07. The molecule has 3 rings (SSSR count). The first-order valence-corrected chi connectivity index (χ1v) is 6.81. The van der Waals surface area contributed by atoms with Crippen LogP contribution >= 0.6 is 15.9 Å². The van der Waals surface area contributed by atoms with Gasteiger partial charge in [0.25, 0.3) is 0 Å². The number of nitrogens with zero attached hydrogens (tertiary/aromatic N) is 1. The van der Waals surface area contributed by atoms with Gasteiger partial charge in [0.1, 0.15) is 5.52 Å². The Labute approximate surface area is 119 Å². The lowest BCUT2D eigenvalue weighted by molar-refractivity contribution is 0.545. The molecule has 2 N–H and O–H groups in total. The maximum atomic E-state index is 5.92. The van der Waals surface area contributed by atoms with Crippen molar-refractivity contribution in [2.24, 2.45) is 0 Å². The number of aromatic nitrogens is 1. The average Bonchev–Trinajstić information content (AvgIpc) is 2.75. The number of halogens is 1. The quantitative estimate of drug-likeness (QED) is 0.725. The molecule has 0 aliphatic heterocycles. The Morgan fingerprint density at radius 2 is 1.95 bits per heavy atom. The number of benzene rings is 2. The van der Waals surface area contributed by atoms with E-state index >= 15 is 0 Å². The van der Waals surface area contributed by atoms with Crippen LogP contribution in [0.4, 0.5) is 5.69 Å². The zero-order valence-electron chi connectivity index (χ0n) is 10.5. The highest BCUT2D eigenvalue weighted by molar-refractivity contribution is 9.10. The van der Waals surface area contributed by atoms with Gasteiger partial charge in [-0.1, -0.05) is 45.8 Å². The normalized spacial score (nSPS) is 11.1. The molecule has 3 aromatic rings. The van der Waals surface area contributed by atoms with E-state index in [4.69, 9.17) is 10.2 Å². The topological polar surface area (TPSA) is 52.0 Å². The van der Waals surface area contributed by atoms with E-state index in [2.05, 4.69) is 52.1 Å². The first-order valence-electron chi connectivity index (χ1n) is 6.02. The van der Waals surface area contributed by atoms with Gasteiger partial charge in [0.05, 0.1) is 5.69 Å². The predicted molar refractivity (Wildman–Crippen MR) is 80.1 cm³/mol. The molecule has 0 amide bonds. The van der Waals surface area contributed by atoms with Crippen LogP contribution in [0.1, 0.15) is 17.0 Å². The monoisotopic (exact) mass is 316 g/mol. The molecule has 4 heteroatoms. The van der Waals surface area contributed by atoms with Gasteiger partial charge < -0.3 is 10.2 Å². The van der Waals surface area contributed by atoms with Gasteiger partial charge >= 0.3 is 0 Å². The van der Waals surface area contributed by atoms with Gasteiger partial charge in [0.15, 0.2) is 11.5 Å². The second-order valence-corrected chi connectivity index (χ2v) is 5.53. The fraction of sp³-hybridized carbons (Fsp3) is 0.133. The van der Waals surface area contributed by atoms with Gasteiger partial charge in [-0.3, -0.25) is 0 Å². The largest absolute Gasteiger partial charge is 0.438 e. The van der Waals surface area contributed by atoms with Crippen LogP contribution in [0.5, 0.6) is 0 Å². The molecule has 0 aliphatic carbocycles. The number of rotatable bonds is 2. The molecule has 0 fully saturated rings. The van der Waals surface area contributed by atoms with Gasteiger partial charge in [-0.15, -0.1) is 0 Å².